The van der Waals surface area contributed by atoms with E-state index in [4.69, 9.17) is 22.1 Å². The first-order valence-electron chi connectivity index (χ1n) is 5.81. The van der Waals surface area contributed by atoms with Gasteiger partial charge in [0.05, 0.1) is 12.8 Å². The molecule has 1 heterocycles. The van der Waals surface area contributed by atoms with Crippen LogP contribution in [0.5, 0.6) is 5.75 Å². The average molecular weight is 263 g/mol. The smallest absolute Gasteiger partial charge is 0.138 e. The van der Waals surface area contributed by atoms with Crippen molar-refractivity contribution in [3.8, 4) is 16.9 Å². The minimum Gasteiger partial charge on any atom is -0.492 e. The fraction of sp³-hybridized carbons (Fsp3) is 0.214. The molecule has 0 spiro atoms. The van der Waals surface area contributed by atoms with Crippen LogP contribution in [0.1, 0.15) is 12.5 Å². The third-order valence-electron chi connectivity index (χ3n) is 2.63. The molecular weight excluding hydrogens is 248 g/mol. The SMILES string of the molecule is CCOc1cncc(-c2ccc(CN)c(Cl)c2)c1. The third-order valence-corrected chi connectivity index (χ3v) is 2.98. The minimum atomic E-state index is 0.441. The van der Waals surface area contributed by atoms with Crippen LogP contribution >= 0.6 is 11.6 Å². The van der Waals surface area contributed by atoms with Crippen molar-refractivity contribution in [2.45, 2.75) is 13.5 Å². The first-order valence-corrected chi connectivity index (χ1v) is 6.19. The number of nitrogens with zero attached hydrogens (tertiary/aromatic N) is 1. The predicted molar refractivity (Wildman–Crippen MR) is 73.7 cm³/mol. The van der Waals surface area contributed by atoms with E-state index in [2.05, 4.69) is 4.98 Å². The van der Waals surface area contributed by atoms with E-state index >= 15 is 0 Å². The van der Waals surface area contributed by atoms with E-state index in [-0.39, 0.29) is 0 Å². The second-order valence-corrected chi connectivity index (χ2v) is 4.26. The van der Waals surface area contributed by atoms with Crippen molar-refractivity contribution in [3.05, 3.63) is 47.2 Å². The number of hydrogen-bond donors (Lipinski definition) is 1. The van der Waals surface area contributed by atoms with Gasteiger partial charge in [0.1, 0.15) is 5.75 Å². The summed E-state index contributed by atoms with van der Waals surface area (Å²) in [4.78, 5) is 4.16. The van der Waals surface area contributed by atoms with E-state index in [9.17, 15) is 0 Å². The minimum absolute atomic E-state index is 0.441. The molecule has 0 aliphatic heterocycles. The van der Waals surface area contributed by atoms with Gasteiger partial charge in [-0.15, -0.1) is 0 Å². The van der Waals surface area contributed by atoms with Crippen molar-refractivity contribution in [3.63, 3.8) is 0 Å². The third kappa shape index (κ3) is 2.81. The van der Waals surface area contributed by atoms with Gasteiger partial charge in [0.15, 0.2) is 0 Å². The maximum atomic E-state index is 6.15. The molecule has 0 amide bonds. The number of hydrogen-bond acceptors (Lipinski definition) is 3. The molecule has 1 aromatic carbocycles. The van der Waals surface area contributed by atoms with Crippen molar-refractivity contribution in [2.75, 3.05) is 6.61 Å². The summed E-state index contributed by atoms with van der Waals surface area (Å²) >= 11 is 6.15. The van der Waals surface area contributed by atoms with E-state index in [0.29, 0.717) is 18.2 Å². The first-order chi connectivity index (χ1) is 8.74. The van der Waals surface area contributed by atoms with Crippen molar-refractivity contribution >= 4 is 11.6 Å². The summed E-state index contributed by atoms with van der Waals surface area (Å²) in [5, 5.41) is 0.678. The summed E-state index contributed by atoms with van der Waals surface area (Å²) in [6.07, 6.45) is 3.49. The Balaban J connectivity index is 2.36. The van der Waals surface area contributed by atoms with E-state index in [1.54, 1.807) is 12.4 Å². The lowest BCUT2D eigenvalue weighted by Gasteiger charge is -2.07. The van der Waals surface area contributed by atoms with Crippen LogP contribution in [0.2, 0.25) is 5.02 Å². The Labute approximate surface area is 112 Å². The Morgan fingerprint density at radius 1 is 1.22 bits per heavy atom. The van der Waals surface area contributed by atoms with Gasteiger partial charge in [-0.25, -0.2) is 0 Å². The molecule has 18 heavy (non-hydrogen) atoms. The van der Waals surface area contributed by atoms with Gasteiger partial charge in [0, 0.05) is 23.3 Å². The molecule has 0 fully saturated rings. The van der Waals surface area contributed by atoms with Gasteiger partial charge in [-0.3, -0.25) is 4.98 Å². The average Bonchev–Trinajstić information content (AvgIpc) is 2.39. The van der Waals surface area contributed by atoms with Gasteiger partial charge in [-0.1, -0.05) is 23.7 Å². The molecule has 4 heteroatoms. The second-order valence-electron chi connectivity index (χ2n) is 3.85. The fourth-order valence-corrected chi connectivity index (χ4v) is 1.97. The van der Waals surface area contributed by atoms with Gasteiger partial charge < -0.3 is 10.5 Å². The predicted octanol–water partition coefficient (Wildman–Crippen LogP) is 3.26. The lowest BCUT2D eigenvalue weighted by atomic mass is 10.1. The molecule has 2 N–H and O–H groups in total. The summed E-state index contributed by atoms with van der Waals surface area (Å²) in [7, 11) is 0. The molecule has 1 aromatic heterocycles. The summed E-state index contributed by atoms with van der Waals surface area (Å²) in [6.45, 7) is 3.01. The molecule has 0 aliphatic carbocycles. The molecule has 0 radical (unpaired) electrons. The van der Waals surface area contributed by atoms with Crippen LogP contribution in [-0.4, -0.2) is 11.6 Å². The van der Waals surface area contributed by atoms with Crippen LogP contribution in [0.15, 0.2) is 36.7 Å². The Kier molecular flexibility index (Phi) is 4.18. The number of halogens is 1. The first kappa shape index (κ1) is 12.9. The highest BCUT2D eigenvalue weighted by atomic mass is 35.5. The van der Waals surface area contributed by atoms with Crippen LogP contribution in [0.4, 0.5) is 0 Å². The second kappa shape index (κ2) is 5.85. The zero-order chi connectivity index (χ0) is 13.0. The monoisotopic (exact) mass is 262 g/mol. The molecule has 0 saturated carbocycles. The van der Waals surface area contributed by atoms with Crippen LogP contribution in [0, 0.1) is 0 Å². The highest BCUT2D eigenvalue weighted by Crippen LogP contribution is 2.27. The standard InChI is InChI=1S/C14H15ClN2O/c1-2-18-13-5-12(8-17-9-13)10-3-4-11(7-16)14(15)6-10/h3-6,8-9H,2,7,16H2,1H3. The molecule has 0 saturated heterocycles. The van der Waals surface area contributed by atoms with Gasteiger partial charge in [-0.2, -0.15) is 0 Å². The van der Waals surface area contributed by atoms with E-state index in [0.717, 1.165) is 22.4 Å². The molecule has 0 bridgehead atoms. The highest BCUT2D eigenvalue weighted by molar-refractivity contribution is 6.31. The number of aromatic nitrogens is 1. The molecule has 2 aromatic rings. The van der Waals surface area contributed by atoms with Crippen molar-refractivity contribution in [1.29, 1.82) is 0 Å². The van der Waals surface area contributed by atoms with Gasteiger partial charge in [0.2, 0.25) is 0 Å². The highest BCUT2D eigenvalue weighted by Gasteiger charge is 2.04. The van der Waals surface area contributed by atoms with Crippen LogP contribution in [-0.2, 0) is 6.54 Å². The molecule has 0 unspecified atom stereocenters. The van der Waals surface area contributed by atoms with E-state index in [1.807, 2.05) is 31.2 Å². The Bertz CT molecular complexity index is 543. The number of benzene rings is 1. The van der Waals surface area contributed by atoms with Crippen molar-refractivity contribution < 1.29 is 4.74 Å². The maximum absolute atomic E-state index is 6.15. The summed E-state index contributed by atoms with van der Waals surface area (Å²) in [5.41, 5.74) is 8.51. The van der Waals surface area contributed by atoms with Crippen molar-refractivity contribution in [1.82, 2.24) is 4.98 Å². The van der Waals surface area contributed by atoms with Crippen LogP contribution in [0.3, 0.4) is 0 Å². The number of ether oxygens (including phenoxy) is 1. The molecule has 94 valence electrons. The summed E-state index contributed by atoms with van der Waals surface area (Å²) < 4.78 is 5.43. The van der Waals surface area contributed by atoms with E-state index < -0.39 is 0 Å². The zero-order valence-corrected chi connectivity index (χ0v) is 10.9. The van der Waals surface area contributed by atoms with Crippen LogP contribution in [0.25, 0.3) is 11.1 Å². The number of nitrogens with two attached hydrogens (primary N) is 1. The zero-order valence-electron chi connectivity index (χ0n) is 10.2. The molecule has 0 atom stereocenters. The number of pyridine rings is 1. The molecule has 2 rings (SSSR count). The lowest BCUT2D eigenvalue weighted by Crippen LogP contribution is -1.97. The van der Waals surface area contributed by atoms with Crippen molar-refractivity contribution in [2.24, 2.45) is 5.73 Å². The number of rotatable bonds is 4. The molecule has 3 nitrogen and oxygen atoms in total. The normalized spacial score (nSPS) is 10.4. The molecule has 0 aliphatic rings. The Morgan fingerprint density at radius 3 is 2.72 bits per heavy atom. The lowest BCUT2D eigenvalue weighted by molar-refractivity contribution is 0.339. The van der Waals surface area contributed by atoms with E-state index in [1.165, 1.54) is 0 Å². The largest absolute Gasteiger partial charge is 0.492 e. The quantitative estimate of drug-likeness (QED) is 0.920. The maximum Gasteiger partial charge on any atom is 0.138 e. The van der Waals surface area contributed by atoms with Crippen LogP contribution < -0.4 is 10.5 Å². The fourth-order valence-electron chi connectivity index (χ4n) is 1.71. The van der Waals surface area contributed by atoms with Gasteiger partial charge in [-0.05, 0) is 30.2 Å². The Morgan fingerprint density at radius 2 is 2.06 bits per heavy atom. The van der Waals surface area contributed by atoms with Gasteiger partial charge >= 0.3 is 0 Å². The molecular formula is C14H15ClN2O. The Hall–Kier alpha value is -1.58. The topological polar surface area (TPSA) is 48.1 Å². The summed E-state index contributed by atoms with van der Waals surface area (Å²) in [5.74, 6) is 0.758. The summed E-state index contributed by atoms with van der Waals surface area (Å²) in [6, 6.07) is 7.77. The van der Waals surface area contributed by atoms with Gasteiger partial charge in [0.25, 0.3) is 0 Å².